The fraction of sp³-hybridized carbons (Fsp3) is 0.474. The zero-order chi connectivity index (χ0) is 17.7. The van der Waals surface area contributed by atoms with Crippen LogP contribution in [0, 0.1) is 20.8 Å². The van der Waals surface area contributed by atoms with E-state index in [-0.39, 0.29) is 12.0 Å². The standard InChI is InChI=1S/C19H26N2O2S/c1-6-23-15(5)19-21-16(11-24-19)9-18(22)20-10-17-13(3)7-12(2)8-14(17)4/h7-8,11,15H,6,9-10H2,1-5H3,(H,20,22)/t15-/m0/s1. The topological polar surface area (TPSA) is 51.2 Å². The molecule has 2 rings (SSSR count). The van der Waals surface area contributed by atoms with Gasteiger partial charge in [0.15, 0.2) is 0 Å². The average molecular weight is 346 g/mol. The van der Waals surface area contributed by atoms with Gasteiger partial charge in [0.1, 0.15) is 11.1 Å². The molecule has 0 radical (unpaired) electrons. The molecular weight excluding hydrogens is 320 g/mol. The summed E-state index contributed by atoms with van der Waals surface area (Å²) >= 11 is 1.54. The number of thiazole rings is 1. The number of rotatable bonds is 7. The van der Waals surface area contributed by atoms with Gasteiger partial charge in [-0.3, -0.25) is 4.79 Å². The summed E-state index contributed by atoms with van der Waals surface area (Å²) in [5.41, 5.74) is 5.68. The number of aryl methyl sites for hydroxylation is 3. The van der Waals surface area contributed by atoms with Crippen molar-refractivity contribution in [2.24, 2.45) is 0 Å². The molecule has 1 N–H and O–H groups in total. The lowest BCUT2D eigenvalue weighted by Gasteiger charge is -2.12. The van der Waals surface area contributed by atoms with Crippen LogP contribution in [0.3, 0.4) is 0 Å². The number of benzene rings is 1. The molecule has 0 aliphatic rings. The van der Waals surface area contributed by atoms with Gasteiger partial charge in [-0.05, 0) is 51.3 Å². The number of hydrogen-bond donors (Lipinski definition) is 1. The highest BCUT2D eigenvalue weighted by Crippen LogP contribution is 2.21. The molecule has 130 valence electrons. The summed E-state index contributed by atoms with van der Waals surface area (Å²) in [5, 5.41) is 5.87. The summed E-state index contributed by atoms with van der Waals surface area (Å²) in [5.74, 6) is -0.00436. The third-order valence-electron chi connectivity index (χ3n) is 3.98. The van der Waals surface area contributed by atoms with Gasteiger partial charge in [-0.2, -0.15) is 0 Å². The van der Waals surface area contributed by atoms with Gasteiger partial charge in [-0.1, -0.05) is 17.7 Å². The second-order valence-electron chi connectivity index (χ2n) is 6.11. The largest absolute Gasteiger partial charge is 0.372 e. The predicted octanol–water partition coefficient (Wildman–Crippen LogP) is 4.02. The lowest BCUT2D eigenvalue weighted by Crippen LogP contribution is -2.25. The van der Waals surface area contributed by atoms with Gasteiger partial charge < -0.3 is 10.1 Å². The van der Waals surface area contributed by atoms with Gasteiger partial charge in [0, 0.05) is 18.5 Å². The minimum atomic E-state index is -0.0188. The summed E-state index contributed by atoms with van der Waals surface area (Å²) in [7, 11) is 0. The summed E-state index contributed by atoms with van der Waals surface area (Å²) in [6.07, 6.45) is 0.286. The molecule has 0 bridgehead atoms. The number of carbonyl (C=O) groups is 1. The van der Waals surface area contributed by atoms with Crippen LogP contribution in [0.4, 0.5) is 0 Å². The smallest absolute Gasteiger partial charge is 0.226 e. The molecule has 24 heavy (non-hydrogen) atoms. The van der Waals surface area contributed by atoms with Gasteiger partial charge in [0.25, 0.3) is 0 Å². The van der Waals surface area contributed by atoms with E-state index in [4.69, 9.17) is 4.74 Å². The fourth-order valence-corrected chi connectivity index (χ4v) is 3.64. The molecule has 0 spiro atoms. The van der Waals surface area contributed by atoms with E-state index >= 15 is 0 Å². The lowest BCUT2D eigenvalue weighted by molar-refractivity contribution is -0.120. The van der Waals surface area contributed by atoms with E-state index in [0.717, 1.165) is 10.7 Å². The van der Waals surface area contributed by atoms with Crippen molar-refractivity contribution in [1.29, 1.82) is 0 Å². The molecule has 2 aromatic rings. The number of ether oxygens (including phenoxy) is 1. The molecular formula is C19H26N2O2S. The Balaban J connectivity index is 1.92. The monoisotopic (exact) mass is 346 g/mol. The van der Waals surface area contributed by atoms with Crippen LogP contribution in [0.5, 0.6) is 0 Å². The van der Waals surface area contributed by atoms with Crippen molar-refractivity contribution in [3.05, 3.63) is 50.5 Å². The van der Waals surface area contributed by atoms with E-state index in [9.17, 15) is 4.79 Å². The predicted molar refractivity (Wildman–Crippen MR) is 98.4 cm³/mol. The maximum atomic E-state index is 12.2. The van der Waals surface area contributed by atoms with Gasteiger partial charge >= 0.3 is 0 Å². The van der Waals surface area contributed by atoms with Crippen molar-refractivity contribution in [3.63, 3.8) is 0 Å². The summed E-state index contributed by atoms with van der Waals surface area (Å²) in [4.78, 5) is 16.7. The summed E-state index contributed by atoms with van der Waals surface area (Å²) in [6, 6.07) is 4.30. The molecule has 0 saturated heterocycles. The Morgan fingerprint density at radius 2 is 1.96 bits per heavy atom. The van der Waals surface area contributed by atoms with Crippen LogP contribution < -0.4 is 5.32 Å². The maximum Gasteiger partial charge on any atom is 0.226 e. The van der Waals surface area contributed by atoms with Crippen molar-refractivity contribution in [1.82, 2.24) is 10.3 Å². The van der Waals surface area contributed by atoms with Gasteiger partial charge in [-0.15, -0.1) is 11.3 Å². The Bertz CT molecular complexity index is 686. The van der Waals surface area contributed by atoms with Crippen molar-refractivity contribution in [3.8, 4) is 0 Å². The van der Waals surface area contributed by atoms with Crippen molar-refractivity contribution in [2.75, 3.05) is 6.61 Å². The Morgan fingerprint density at radius 3 is 2.58 bits per heavy atom. The molecule has 0 fully saturated rings. The number of hydrogen-bond acceptors (Lipinski definition) is 4. The van der Waals surface area contributed by atoms with Gasteiger partial charge in [-0.25, -0.2) is 4.98 Å². The van der Waals surface area contributed by atoms with E-state index in [1.807, 2.05) is 19.2 Å². The maximum absolute atomic E-state index is 12.2. The van der Waals surface area contributed by atoms with Crippen LogP contribution in [0.1, 0.15) is 52.9 Å². The number of nitrogens with one attached hydrogen (secondary N) is 1. The van der Waals surface area contributed by atoms with Gasteiger partial charge in [0.2, 0.25) is 5.91 Å². The molecule has 5 heteroatoms. The molecule has 1 heterocycles. The Morgan fingerprint density at radius 1 is 1.29 bits per heavy atom. The molecule has 4 nitrogen and oxygen atoms in total. The minimum Gasteiger partial charge on any atom is -0.372 e. The van der Waals surface area contributed by atoms with E-state index in [2.05, 4.69) is 43.2 Å². The zero-order valence-corrected chi connectivity index (χ0v) is 15.9. The van der Waals surface area contributed by atoms with Crippen LogP contribution in [-0.4, -0.2) is 17.5 Å². The van der Waals surface area contributed by atoms with E-state index in [0.29, 0.717) is 19.6 Å². The van der Waals surface area contributed by atoms with Crippen LogP contribution in [0.25, 0.3) is 0 Å². The average Bonchev–Trinajstić information content (AvgIpc) is 2.95. The molecule has 1 atom stereocenters. The highest BCUT2D eigenvalue weighted by atomic mass is 32.1. The molecule has 0 aliphatic heterocycles. The second-order valence-corrected chi connectivity index (χ2v) is 7.00. The number of carbonyl (C=O) groups excluding carboxylic acids is 1. The van der Waals surface area contributed by atoms with Crippen LogP contribution >= 0.6 is 11.3 Å². The molecule has 0 saturated carbocycles. The molecule has 1 aromatic carbocycles. The first kappa shape index (κ1) is 18.6. The lowest BCUT2D eigenvalue weighted by atomic mass is 10.00. The Labute approximate surface area is 148 Å². The summed E-state index contributed by atoms with van der Waals surface area (Å²) < 4.78 is 5.53. The highest BCUT2D eigenvalue weighted by molar-refractivity contribution is 7.09. The second kappa shape index (κ2) is 8.40. The van der Waals surface area contributed by atoms with E-state index < -0.39 is 0 Å². The highest BCUT2D eigenvalue weighted by Gasteiger charge is 2.13. The normalized spacial score (nSPS) is 12.2. The molecule has 1 amide bonds. The Kier molecular flexibility index (Phi) is 6.52. The number of nitrogens with zero attached hydrogens (tertiary/aromatic N) is 1. The first-order chi connectivity index (χ1) is 11.4. The van der Waals surface area contributed by atoms with Gasteiger partial charge in [0.05, 0.1) is 12.1 Å². The molecule has 0 aliphatic carbocycles. The third kappa shape index (κ3) is 4.89. The van der Waals surface area contributed by atoms with Crippen molar-refractivity contribution in [2.45, 2.75) is 53.7 Å². The van der Waals surface area contributed by atoms with E-state index in [1.54, 1.807) is 11.3 Å². The van der Waals surface area contributed by atoms with Crippen molar-refractivity contribution < 1.29 is 9.53 Å². The fourth-order valence-electron chi connectivity index (χ4n) is 2.81. The van der Waals surface area contributed by atoms with Crippen molar-refractivity contribution >= 4 is 17.2 Å². The summed E-state index contributed by atoms with van der Waals surface area (Å²) in [6.45, 7) is 11.4. The third-order valence-corrected chi connectivity index (χ3v) is 5.03. The Hall–Kier alpha value is -1.72. The molecule has 1 aromatic heterocycles. The zero-order valence-electron chi connectivity index (χ0n) is 15.1. The molecule has 0 unspecified atom stereocenters. The minimum absolute atomic E-state index is 0.00436. The number of amides is 1. The van der Waals surface area contributed by atoms with Crippen LogP contribution in [-0.2, 0) is 22.5 Å². The van der Waals surface area contributed by atoms with Crippen LogP contribution in [0.2, 0.25) is 0 Å². The quantitative estimate of drug-likeness (QED) is 0.823. The van der Waals surface area contributed by atoms with E-state index in [1.165, 1.54) is 22.3 Å². The van der Waals surface area contributed by atoms with Crippen LogP contribution in [0.15, 0.2) is 17.5 Å². The number of aromatic nitrogens is 1. The SMILES string of the molecule is CCO[C@@H](C)c1nc(CC(=O)NCc2c(C)cc(C)cc2C)cs1. The first-order valence-electron chi connectivity index (χ1n) is 8.30. The first-order valence-corrected chi connectivity index (χ1v) is 9.18.